The highest BCUT2D eigenvalue weighted by Gasteiger charge is 2.19. The molecular weight excluding hydrogens is 733 g/mol. The molecule has 0 rings (SSSR count). The Morgan fingerprint density at radius 1 is 0.322 bits per heavy atom. The van der Waals surface area contributed by atoms with Gasteiger partial charge in [0.2, 0.25) is 0 Å². The molecule has 0 fully saturated rings. The van der Waals surface area contributed by atoms with Gasteiger partial charge in [0.05, 0.1) is 0 Å². The zero-order valence-corrected chi connectivity index (χ0v) is 39.5. The largest absolute Gasteiger partial charge is 0.462 e. The van der Waals surface area contributed by atoms with E-state index in [2.05, 4.69) is 45.1 Å². The third kappa shape index (κ3) is 46.8. The standard InChI is InChI=1S/C53H98O6/c1-4-7-10-13-16-18-20-22-24-26-27-29-30-32-34-37-40-43-46-52(55)58-49-50(48-57-51(54)45-42-39-36-15-12-9-6-3)59-53(56)47-44-41-38-35-33-31-28-25-23-21-19-17-14-11-8-5-2/h24-26,28,50H,4-23,27,29-49H2,1-3H3/b26-24-,28-25-. The predicted molar refractivity (Wildman–Crippen MR) is 252 cm³/mol. The minimum atomic E-state index is -0.771. The van der Waals surface area contributed by atoms with Crippen LogP contribution in [-0.4, -0.2) is 37.2 Å². The van der Waals surface area contributed by atoms with Crippen molar-refractivity contribution in [1.29, 1.82) is 0 Å². The fraction of sp³-hybridized carbons (Fsp3) is 0.868. The molecule has 6 nitrogen and oxygen atoms in total. The minimum absolute atomic E-state index is 0.0736. The van der Waals surface area contributed by atoms with Crippen LogP contribution in [0.1, 0.15) is 278 Å². The summed E-state index contributed by atoms with van der Waals surface area (Å²) in [7, 11) is 0. The first kappa shape index (κ1) is 56.9. The molecule has 0 radical (unpaired) electrons. The molecule has 0 saturated heterocycles. The van der Waals surface area contributed by atoms with Crippen LogP contribution in [0.4, 0.5) is 0 Å². The van der Waals surface area contributed by atoms with E-state index in [4.69, 9.17) is 14.2 Å². The van der Waals surface area contributed by atoms with Crippen molar-refractivity contribution in [2.45, 2.75) is 284 Å². The summed E-state index contributed by atoms with van der Waals surface area (Å²) in [4.78, 5) is 37.8. The van der Waals surface area contributed by atoms with Gasteiger partial charge in [-0.15, -0.1) is 0 Å². The number of hydrogen-bond acceptors (Lipinski definition) is 6. The first-order chi connectivity index (χ1) is 29.0. The van der Waals surface area contributed by atoms with Crippen LogP contribution >= 0.6 is 0 Å². The summed E-state index contributed by atoms with van der Waals surface area (Å²) in [5.74, 6) is -0.882. The molecule has 0 saturated carbocycles. The van der Waals surface area contributed by atoms with E-state index >= 15 is 0 Å². The van der Waals surface area contributed by atoms with Crippen molar-refractivity contribution in [3.05, 3.63) is 24.3 Å². The molecule has 0 aromatic carbocycles. The van der Waals surface area contributed by atoms with Gasteiger partial charge in [-0.2, -0.15) is 0 Å². The van der Waals surface area contributed by atoms with Crippen molar-refractivity contribution in [3.63, 3.8) is 0 Å². The van der Waals surface area contributed by atoms with Gasteiger partial charge in [-0.05, 0) is 70.6 Å². The number of hydrogen-bond donors (Lipinski definition) is 0. The molecule has 59 heavy (non-hydrogen) atoms. The Bertz CT molecular complexity index is 958. The zero-order valence-electron chi connectivity index (χ0n) is 39.5. The lowest BCUT2D eigenvalue weighted by molar-refractivity contribution is -0.167. The Kier molecular flexibility index (Phi) is 46.8. The summed E-state index contributed by atoms with van der Waals surface area (Å²) in [6.45, 7) is 6.60. The zero-order chi connectivity index (χ0) is 43.0. The first-order valence-electron chi connectivity index (χ1n) is 25.8. The van der Waals surface area contributed by atoms with Crippen LogP contribution in [0.5, 0.6) is 0 Å². The lowest BCUT2D eigenvalue weighted by atomic mass is 10.1. The third-order valence-electron chi connectivity index (χ3n) is 11.4. The monoisotopic (exact) mass is 831 g/mol. The van der Waals surface area contributed by atoms with E-state index < -0.39 is 6.10 Å². The van der Waals surface area contributed by atoms with Gasteiger partial charge in [-0.3, -0.25) is 14.4 Å². The molecule has 0 amide bonds. The van der Waals surface area contributed by atoms with E-state index in [1.807, 2.05) is 0 Å². The summed E-state index contributed by atoms with van der Waals surface area (Å²) < 4.78 is 16.7. The van der Waals surface area contributed by atoms with E-state index in [0.717, 1.165) is 64.2 Å². The van der Waals surface area contributed by atoms with Gasteiger partial charge in [0.1, 0.15) is 13.2 Å². The second-order valence-electron chi connectivity index (χ2n) is 17.4. The average Bonchev–Trinajstić information content (AvgIpc) is 3.23. The van der Waals surface area contributed by atoms with Crippen LogP contribution in [0.25, 0.3) is 0 Å². The maximum absolute atomic E-state index is 12.7. The smallest absolute Gasteiger partial charge is 0.306 e. The fourth-order valence-electron chi connectivity index (χ4n) is 7.49. The Balaban J connectivity index is 4.24. The van der Waals surface area contributed by atoms with E-state index in [1.165, 1.54) is 173 Å². The molecule has 0 spiro atoms. The summed E-state index contributed by atoms with van der Waals surface area (Å²) >= 11 is 0. The lowest BCUT2D eigenvalue weighted by Crippen LogP contribution is -2.30. The van der Waals surface area contributed by atoms with Crippen LogP contribution in [0, 0.1) is 0 Å². The summed E-state index contributed by atoms with van der Waals surface area (Å²) in [6, 6.07) is 0. The molecule has 1 unspecified atom stereocenters. The quantitative estimate of drug-likeness (QED) is 0.0263. The molecule has 0 aromatic heterocycles. The highest BCUT2D eigenvalue weighted by atomic mass is 16.6. The number of ether oxygens (including phenoxy) is 3. The van der Waals surface area contributed by atoms with Crippen molar-refractivity contribution in [2.75, 3.05) is 13.2 Å². The molecule has 346 valence electrons. The van der Waals surface area contributed by atoms with E-state index in [1.54, 1.807) is 0 Å². The fourth-order valence-corrected chi connectivity index (χ4v) is 7.49. The van der Waals surface area contributed by atoms with Crippen LogP contribution in [-0.2, 0) is 28.6 Å². The van der Waals surface area contributed by atoms with Gasteiger partial charge in [0.15, 0.2) is 6.10 Å². The predicted octanol–water partition coefficient (Wildman–Crippen LogP) is 16.8. The summed E-state index contributed by atoms with van der Waals surface area (Å²) in [5, 5.41) is 0. The van der Waals surface area contributed by atoms with Crippen molar-refractivity contribution in [3.8, 4) is 0 Å². The Morgan fingerprint density at radius 2 is 0.559 bits per heavy atom. The molecule has 0 bridgehead atoms. The second kappa shape index (κ2) is 48.6. The number of allylic oxidation sites excluding steroid dienone is 4. The number of esters is 3. The van der Waals surface area contributed by atoms with Gasteiger partial charge in [0.25, 0.3) is 0 Å². The summed E-state index contributed by atoms with van der Waals surface area (Å²) in [5.41, 5.74) is 0. The number of unbranched alkanes of at least 4 members (excludes halogenated alkanes) is 32. The van der Waals surface area contributed by atoms with Crippen molar-refractivity contribution < 1.29 is 28.6 Å². The van der Waals surface area contributed by atoms with E-state index in [9.17, 15) is 14.4 Å². The molecule has 6 heteroatoms. The second-order valence-corrected chi connectivity index (χ2v) is 17.4. The molecule has 0 heterocycles. The Labute approximate surface area is 366 Å². The van der Waals surface area contributed by atoms with Crippen LogP contribution in [0.2, 0.25) is 0 Å². The van der Waals surface area contributed by atoms with E-state index in [0.29, 0.717) is 19.3 Å². The third-order valence-corrected chi connectivity index (χ3v) is 11.4. The van der Waals surface area contributed by atoms with Gasteiger partial charge in [0, 0.05) is 19.3 Å². The van der Waals surface area contributed by atoms with Crippen molar-refractivity contribution in [2.24, 2.45) is 0 Å². The van der Waals surface area contributed by atoms with Gasteiger partial charge < -0.3 is 14.2 Å². The van der Waals surface area contributed by atoms with Crippen LogP contribution < -0.4 is 0 Å². The first-order valence-corrected chi connectivity index (χ1v) is 25.8. The van der Waals surface area contributed by atoms with Gasteiger partial charge >= 0.3 is 17.9 Å². The van der Waals surface area contributed by atoms with Gasteiger partial charge in [-0.25, -0.2) is 0 Å². The number of carbonyl (C=O) groups excluding carboxylic acids is 3. The van der Waals surface area contributed by atoms with Crippen LogP contribution in [0.15, 0.2) is 24.3 Å². The molecule has 1 atom stereocenters. The normalized spacial score (nSPS) is 12.1. The van der Waals surface area contributed by atoms with E-state index in [-0.39, 0.29) is 31.1 Å². The van der Waals surface area contributed by atoms with Crippen LogP contribution in [0.3, 0.4) is 0 Å². The lowest BCUT2D eigenvalue weighted by Gasteiger charge is -2.18. The molecule has 0 N–H and O–H groups in total. The number of rotatable bonds is 47. The maximum Gasteiger partial charge on any atom is 0.306 e. The number of carbonyl (C=O) groups is 3. The highest BCUT2D eigenvalue weighted by molar-refractivity contribution is 5.71. The average molecular weight is 831 g/mol. The SMILES string of the molecule is CCCCCCCCC/C=C\CCCCCCCCCC(=O)OCC(COC(=O)CCCCCCCCC)OC(=O)CCCCCCC/C=C\CCCCCCCCC. The molecule has 0 aliphatic heterocycles. The Hall–Kier alpha value is -2.11. The molecule has 0 aliphatic rings. The Morgan fingerprint density at radius 3 is 0.847 bits per heavy atom. The maximum atomic E-state index is 12.7. The minimum Gasteiger partial charge on any atom is -0.462 e. The summed E-state index contributed by atoms with van der Waals surface area (Å²) in [6.07, 6.45) is 54.6. The molecule has 0 aliphatic carbocycles. The van der Waals surface area contributed by atoms with Crippen molar-refractivity contribution >= 4 is 17.9 Å². The molecule has 0 aromatic rings. The molecular formula is C53H98O6. The topological polar surface area (TPSA) is 78.9 Å². The highest BCUT2D eigenvalue weighted by Crippen LogP contribution is 2.15. The van der Waals surface area contributed by atoms with Crippen molar-refractivity contribution in [1.82, 2.24) is 0 Å². The van der Waals surface area contributed by atoms with Gasteiger partial charge in [-0.1, -0.05) is 212 Å².